The van der Waals surface area contributed by atoms with Gasteiger partial charge < -0.3 is 9.64 Å². The lowest BCUT2D eigenvalue weighted by molar-refractivity contribution is 0.0369. The van der Waals surface area contributed by atoms with E-state index in [0.29, 0.717) is 26.3 Å². The Balaban J connectivity index is 1.75. The second-order valence-corrected chi connectivity index (χ2v) is 9.20. The van der Waals surface area contributed by atoms with Crippen molar-refractivity contribution in [1.82, 2.24) is 14.1 Å². The zero-order valence-corrected chi connectivity index (χ0v) is 17.2. The number of hydrogen-bond acceptors (Lipinski definition) is 4. The Morgan fingerprint density at radius 2 is 1.55 bits per heavy atom. The second-order valence-electron chi connectivity index (χ2n) is 7.31. The molecule has 7 nitrogen and oxygen atoms in total. The summed E-state index contributed by atoms with van der Waals surface area (Å²) in [5.41, 5.74) is 0.776. The first-order chi connectivity index (χ1) is 14.0. The summed E-state index contributed by atoms with van der Waals surface area (Å²) in [5, 5.41) is 0. The third kappa shape index (κ3) is 3.75. The van der Waals surface area contributed by atoms with E-state index >= 15 is 0 Å². The van der Waals surface area contributed by atoms with Crippen LogP contribution in [0, 0.1) is 0 Å². The van der Waals surface area contributed by atoms with Gasteiger partial charge in [-0.1, -0.05) is 48.5 Å². The van der Waals surface area contributed by atoms with Crippen LogP contribution in [-0.4, -0.2) is 67.4 Å². The summed E-state index contributed by atoms with van der Waals surface area (Å²) in [6.07, 6.45) is -0.688. The van der Waals surface area contributed by atoms with E-state index in [2.05, 4.69) is 0 Å². The van der Waals surface area contributed by atoms with Gasteiger partial charge in [-0.15, -0.1) is 0 Å². The molecule has 2 aromatic rings. The maximum atomic E-state index is 13.5. The van der Waals surface area contributed by atoms with Crippen LogP contribution in [0.15, 0.2) is 65.6 Å². The summed E-state index contributed by atoms with van der Waals surface area (Å²) in [7, 11) is -3.77. The van der Waals surface area contributed by atoms with Gasteiger partial charge in [0.2, 0.25) is 10.0 Å². The van der Waals surface area contributed by atoms with E-state index in [1.54, 1.807) is 40.1 Å². The number of hydrogen-bond donors (Lipinski definition) is 0. The normalized spacial score (nSPS) is 23.3. The summed E-state index contributed by atoms with van der Waals surface area (Å²) in [5.74, 6) is 0. The minimum atomic E-state index is -3.77. The van der Waals surface area contributed by atoms with Crippen molar-refractivity contribution in [2.45, 2.75) is 24.0 Å². The Bertz CT molecular complexity index is 946. The molecule has 2 amide bonds. The lowest BCUT2D eigenvalue weighted by Gasteiger charge is -2.36. The molecule has 0 bridgehead atoms. The van der Waals surface area contributed by atoms with Crippen molar-refractivity contribution in [3.05, 3.63) is 66.2 Å². The van der Waals surface area contributed by atoms with E-state index in [1.165, 1.54) is 4.31 Å². The Labute approximate surface area is 171 Å². The van der Waals surface area contributed by atoms with Crippen LogP contribution in [0.25, 0.3) is 0 Å². The molecule has 0 unspecified atom stereocenters. The van der Waals surface area contributed by atoms with Crippen molar-refractivity contribution in [3.63, 3.8) is 0 Å². The minimum absolute atomic E-state index is 0.152. The van der Waals surface area contributed by atoms with Crippen LogP contribution >= 0.6 is 0 Å². The van der Waals surface area contributed by atoms with Crippen molar-refractivity contribution in [3.8, 4) is 0 Å². The molecular formula is C21H25N3O4S. The van der Waals surface area contributed by atoms with Crippen molar-refractivity contribution in [2.24, 2.45) is 0 Å². The fraction of sp³-hybridized carbons (Fsp3) is 0.381. The topological polar surface area (TPSA) is 70.2 Å². The van der Waals surface area contributed by atoms with Crippen LogP contribution in [0.4, 0.5) is 4.79 Å². The highest BCUT2D eigenvalue weighted by atomic mass is 32.2. The highest BCUT2D eigenvalue weighted by Crippen LogP contribution is 2.38. The monoisotopic (exact) mass is 415 g/mol. The van der Waals surface area contributed by atoms with Crippen molar-refractivity contribution >= 4 is 16.1 Å². The van der Waals surface area contributed by atoms with Crippen LogP contribution in [0.3, 0.4) is 0 Å². The maximum Gasteiger partial charge on any atom is 0.322 e. The number of carbonyl (C=O) groups is 1. The molecule has 154 valence electrons. The van der Waals surface area contributed by atoms with Gasteiger partial charge in [-0.2, -0.15) is 4.31 Å². The number of sulfonamides is 1. The first kappa shape index (κ1) is 19.9. The summed E-state index contributed by atoms with van der Waals surface area (Å²) < 4.78 is 33.7. The van der Waals surface area contributed by atoms with Crippen LogP contribution in [0.5, 0.6) is 0 Å². The molecular weight excluding hydrogens is 390 g/mol. The molecule has 2 fully saturated rings. The van der Waals surface area contributed by atoms with Gasteiger partial charge >= 0.3 is 6.03 Å². The quantitative estimate of drug-likeness (QED) is 0.773. The SMILES string of the molecule is C[C@@H]1CN(S(=O)(=O)c2ccccc2)[C@H](c2ccccc2)N1C(=O)N1CCOCC1. The third-order valence-corrected chi connectivity index (χ3v) is 7.24. The summed E-state index contributed by atoms with van der Waals surface area (Å²) >= 11 is 0. The number of rotatable bonds is 3. The fourth-order valence-electron chi connectivity index (χ4n) is 3.95. The lowest BCUT2D eigenvalue weighted by atomic mass is 10.1. The van der Waals surface area contributed by atoms with E-state index in [4.69, 9.17) is 4.74 Å². The first-order valence-electron chi connectivity index (χ1n) is 9.77. The molecule has 0 saturated carbocycles. The molecule has 0 aromatic heterocycles. The molecule has 2 heterocycles. The molecule has 2 saturated heterocycles. The molecule has 4 rings (SSSR count). The average Bonchev–Trinajstić information content (AvgIpc) is 3.13. The average molecular weight is 416 g/mol. The van der Waals surface area contributed by atoms with E-state index in [-0.39, 0.29) is 23.5 Å². The largest absolute Gasteiger partial charge is 0.378 e. The smallest absolute Gasteiger partial charge is 0.322 e. The van der Waals surface area contributed by atoms with Gasteiger partial charge in [0.1, 0.15) is 6.17 Å². The summed E-state index contributed by atoms with van der Waals surface area (Å²) in [6, 6.07) is 17.3. The molecule has 2 atom stereocenters. The maximum absolute atomic E-state index is 13.5. The number of carbonyl (C=O) groups excluding carboxylic acids is 1. The van der Waals surface area contributed by atoms with Crippen LogP contribution in [-0.2, 0) is 14.8 Å². The van der Waals surface area contributed by atoms with Gasteiger partial charge in [0.15, 0.2) is 0 Å². The van der Waals surface area contributed by atoms with Gasteiger partial charge in [-0.3, -0.25) is 4.90 Å². The lowest BCUT2D eigenvalue weighted by Crippen LogP contribution is -2.50. The van der Waals surface area contributed by atoms with Crippen LogP contribution in [0.2, 0.25) is 0 Å². The molecule has 2 aliphatic rings. The fourth-order valence-corrected chi connectivity index (χ4v) is 5.62. The molecule has 8 heteroatoms. The Hall–Kier alpha value is -2.42. The predicted molar refractivity (Wildman–Crippen MR) is 109 cm³/mol. The van der Waals surface area contributed by atoms with E-state index in [0.717, 1.165) is 5.56 Å². The van der Waals surface area contributed by atoms with Crippen LogP contribution < -0.4 is 0 Å². The zero-order chi connectivity index (χ0) is 20.4. The Morgan fingerprint density at radius 3 is 2.17 bits per heavy atom. The number of nitrogens with zero attached hydrogens (tertiary/aromatic N) is 3. The van der Waals surface area contributed by atoms with Crippen molar-refractivity contribution in [1.29, 1.82) is 0 Å². The number of benzene rings is 2. The standard InChI is InChI=1S/C21H25N3O4S/c1-17-16-23(29(26,27)19-10-6-3-7-11-19)20(18-8-4-2-5-9-18)24(17)21(25)22-12-14-28-15-13-22/h2-11,17,20H,12-16H2,1H3/t17-,20+/m1/s1. The minimum Gasteiger partial charge on any atom is -0.378 e. The second kappa shape index (κ2) is 8.14. The van der Waals surface area contributed by atoms with E-state index < -0.39 is 16.2 Å². The predicted octanol–water partition coefficient (Wildman–Crippen LogP) is 2.53. The van der Waals surface area contributed by atoms with Crippen LogP contribution in [0.1, 0.15) is 18.7 Å². The Morgan fingerprint density at radius 1 is 0.966 bits per heavy atom. The van der Waals surface area contributed by atoms with Gasteiger partial charge in [-0.25, -0.2) is 13.2 Å². The first-order valence-corrected chi connectivity index (χ1v) is 11.2. The molecule has 29 heavy (non-hydrogen) atoms. The molecule has 0 N–H and O–H groups in total. The highest BCUT2D eigenvalue weighted by molar-refractivity contribution is 7.89. The van der Waals surface area contributed by atoms with Gasteiger partial charge in [0.25, 0.3) is 0 Å². The number of ether oxygens (including phenoxy) is 1. The molecule has 0 aliphatic carbocycles. The molecule has 0 spiro atoms. The molecule has 2 aliphatic heterocycles. The summed E-state index contributed by atoms with van der Waals surface area (Å²) in [4.78, 5) is 17.0. The van der Waals surface area contributed by atoms with Crippen molar-refractivity contribution < 1.29 is 17.9 Å². The Kier molecular flexibility index (Phi) is 5.58. The van der Waals surface area contributed by atoms with Gasteiger partial charge in [-0.05, 0) is 24.6 Å². The number of urea groups is 1. The zero-order valence-electron chi connectivity index (χ0n) is 16.3. The van der Waals surface area contributed by atoms with E-state index in [1.807, 2.05) is 37.3 Å². The highest BCUT2D eigenvalue weighted by Gasteiger charge is 2.48. The van der Waals surface area contributed by atoms with Gasteiger partial charge in [0.05, 0.1) is 18.1 Å². The third-order valence-electron chi connectivity index (χ3n) is 5.41. The number of morpholine rings is 1. The number of amides is 2. The molecule has 2 aromatic carbocycles. The van der Waals surface area contributed by atoms with Crippen molar-refractivity contribution in [2.75, 3.05) is 32.8 Å². The van der Waals surface area contributed by atoms with Gasteiger partial charge in [0, 0.05) is 25.7 Å². The molecule has 0 radical (unpaired) electrons. The summed E-state index contributed by atoms with van der Waals surface area (Å²) in [6.45, 7) is 4.15. The van der Waals surface area contributed by atoms with E-state index in [9.17, 15) is 13.2 Å².